The van der Waals surface area contributed by atoms with E-state index >= 15 is 0 Å². The fourth-order valence-corrected chi connectivity index (χ4v) is 5.90. The number of benzene rings is 2. The first-order chi connectivity index (χ1) is 18.0. The van der Waals surface area contributed by atoms with E-state index in [2.05, 4.69) is 25.2 Å². The number of amides is 2. The molecule has 3 aromatic rings. The number of hydrogen-bond donors (Lipinski definition) is 2. The molecule has 1 fully saturated rings. The summed E-state index contributed by atoms with van der Waals surface area (Å²) in [6.07, 6.45) is 3.95. The maximum atomic E-state index is 13.2. The normalized spacial score (nSPS) is 20.6. The van der Waals surface area contributed by atoms with Crippen LogP contribution < -0.4 is 11.1 Å². The van der Waals surface area contributed by atoms with E-state index in [-0.39, 0.29) is 29.6 Å². The first-order valence-electron chi connectivity index (χ1n) is 13.3. The molecular formula is C30H36N4O4. The number of ether oxygens (including phenoxy) is 1. The molecule has 2 aromatic carbocycles. The second-order valence-electron chi connectivity index (χ2n) is 11.6. The summed E-state index contributed by atoms with van der Waals surface area (Å²) in [6.45, 7) is 4.26. The van der Waals surface area contributed by atoms with Gasteiger partial charge in [-0.15, -0.1) is 0 Å². The third-order valence-electron chi connectivity index (χ3n) is 7.74. The highest BCUT2D eigenvalue weighted by Gasteiger charge is 2.35. The molecule has 0 atom stereocenters. The van der Waals surface area contributed by atoms with E-state index in [4.69, 9.17) is 10.5 Å². The van der Waals surface area contributed by atoms with Crippen molar-refractivity contribution in [1.29, 1.82) is 0 Å². The molecule has 8 nitrogen and oxygen atoms in total. The van der Waals surface area contributed by atoms with Gasteiger partial charge in [0.2, 0.25) is 5.91 Å². The minimum absolute atomic E-state index is 0.106. The quantitative estimate of drug-likeness (QED) is 0.470. The summed E-state index contributed by atoms with van der Waals surface area (Å²) in [7, 11) is 3.35. The lowest BCUT2D eigenvalue weighted by molar-refractivity contribution is 0.0540. The molecule has 1 aromatic heterocycles. The van der Waals surface area contributed by atoms with E-state index < -0.39 is 5.91 Å². The number of carbonyl (C=O) groups is 3. The van der Waals surface area contributed by atoms with Crippen LogP contribution in [-0.4, -0.2) is 53.6 Å². The van der Waals surface area contributed by atoms with Gasteiger partial charge in [-0.2, -0.15) is 0 Å². The van der Waals surface area contributed by atoms with Crippen molar-refractivity contribution in [2.24, 2.45) is 11.1 Å². The van der Waals surface area contributed by atoms with Crippen LogP contribution in [0.25, 0.3) is 22.0 Å². The van der Waals surface area contributed by atoms with E-state index in [0.717, 1.165) is 59.8 Å². The number of nitrogens with one attached hydrogen (secondary N) is 1. The van der Waals surface area contributed by atoms with E-state index in [0.29, 0.717) is 17.7 Å². The van der Waals surface area contributed by atoms with Crippen LogP contribution in [0.3, 0.4) is 0 Å². The van der Waals surface area contributed by atoms with Crippen molar-refractivity contribution in [3.8, 4) is 11.1 Å². The highest BCUT2D eigenvalue weighted by atomic mass is 16.6. The predicted molar refractivity (Wildman–Crippen MR) is 148 cm³/mol. The number of anilines is 1. The van der Waals surface area contributed by atoms with Gasteiger partial charge in [0.15, 0.2) is 0 Å². The number of para-hydroxylation sites is 1. The van der Waals surface area contributed by atoms with Gasteiger partial charge in [0, 0.05) is 48.9 Å². The SMILES string of the molecule is CN(C)C(=O)O[C@H]1CC[C@H](Nc2cc(-c3c4n(c5ccccc35)C(=O)CC(C)(C)C4)ccc2C(N)=O)CC1. The summed E-state index contributed by atoms with van der Waals surface area (Å²) in [5, 5.41) is 4.58. The number of rotatable bonds is 5. The molecule has 2 aliphatic rings. The van der Waals surface area contributed by atoms with Gasteiger partial charge in [-0.25, -0.2) is 4.79 Å². The van der Waals surface area contributed by atoms with Crippen molar-refractivity contribution in [3.05, 3.63) is 53.7 Å². The Kier molecular flexibility index (Phi) is 6.67. The fourth-order valence-electron chi connectivity index (χ4n) is 5.90. The molecule has 0 radical (unpaired) electrons. The van der Waals surface area contributed by atoms with Crippen molar-refractivity contribution in [2.75, 3.05) is 19.4 Å². The van der Waals surface area contributed by atoms with Gasteiger partial charge in [-0.3, -0.25) is 14.2 Å². The monoisotopic (exact) mass is 516 g/mol. The van der Waals surface area contributed by atoms with Crippen LogP contribution in [0, 0.1) is 5.41 Å². The molecule has 8 heteroatoms. The van der Waals surface area contributed by atoms with Crippen LogP contribution in [0.5, 0.6) is 0 Å². The molecule has 0 saturated heterocycles. The zero-order chi connectivity index (χ0) is 27.2. The van der Waals surface area contributed by atoms with Crippen molar-refractivity contribution in [1.82, 2.24) is 9.47 Å². The maximum absolute atomic E-state index is 13.2. The van der Waals surface area contributed by atoms with Gasteiger partial charge in [-0.05, 0) is 61.3 Å². The van der Waals surface area contributed by atoms with Gasteiger partial charge in [0.1, 0.15) is 6.10 Å². The predicted octanol–water partition coefficient (Wildman–Crippen LogP) is 5.44. The molecule has 1 aliphatic carbocycles. The molecule has 1 saturated carbocycles. The fraction of sp³-hybridized carbons (Fsp3) is 0.433. The molecule has 2 heterocycles. The van der Waals surface area contributed by atoms with Gasteiger partial charge in [0.25, 0.3) is 5.91 Å². The summed E-state index contributed by atoms with van der Waals surface area (Å²) in [5.74, 6) is -0.384. The average molecular weight is 517 g/mol. The van der Waals surface area contributed by atoms with Gasteiger partial charge in [0.05, 0.1) is 11.1 Å². The summed E-state index contributed by atoms with van der Waals surface area (Å²) in [6, 6.07) is 13.8. The first kappa shape index (κ1) is 25.8. The summed E-state index contributed by atoms with van der Waals surface area (Å²) >= 11 is 0. The van der Waals surface area contributed by atoms with Crippen molar-refractivity contribution < 1.29 is 19.1 Å². The molecule has 200 valence electrons. The Hall–Kier alpha value is -3.81. The van der Waals surface area contributed by atoms with E-state index in [1.54, 1.807) is 20.2 Å². The average Bonchev–Trinajstić information content (AvgIpc) is 3.18. The lowest BCUT2D eigenvalue weighted by Crippen LogP contribution is -2.34. The zero-order valence-corrected chi connectivity index (χ0v) is 22.5. The summed E-state index contributed by atoms with van der Waals surface area (Å²) in [4.78, 5) is 38.9. The number of hydrogen-bond acceptors (Lipinski definition) is 5. The number of primary amides is 1. The van der Waals surface area contributed by atoms with Gasteiger partial charge < -0.3 is 20.7 Å². The van der Waals surface area contributed by atoms with Crippen LogP contribution in [0.4, 0.5) is 10.5 Å². The summed E-state index contributed by atoms with van der Waals surface area (Å²) < 4.78 is 7.43. The number of nitrogens with zero attached hydrogens (tertiary/aromatic N) is 2. The van der Waals surface area contributed by atoms with Gasteiger partial charge >= 0.3 is 6.09 Å². The number of aromatic nitrogens is 1. The Morgan fingerprint density at radius 2 is 1.76 bits per heavy atom. The Labute approximate surface area is 223 Å². The van der Waals surface area contributed by atoms with Crippen molar-refractivity contribution in [3.63, 3.8) is 0 Å². The molecule has 5 rings (SSSR count). The minimum atomic E-state index is -0.493. The molecular weight excluding hydrogens is 480 g/mol. The molecule has 0 unspecified atom stereocenters. The van der Waals surface area contributed by atoms with E-state index in [1.807, 2.05) is 34.9 Å². The highest BCUT2D eigenvalue weighted by molar-refractivity contribution is 6.06. The van der Waals surface area contributed by atoms with Crippen molar-refractivity contribution >= 4 is 34.5 Å². The lowest BCUT2D eigenvalue weighted by Gasteiger charge is -2.31. The Morgan fingerprint density at radius 3 is 2.45 bits per heavy atom. The maximum Gasteiger partial charge on any atom is 0.409 e. The number of carbonyl (C=O) groups excluding carboxylic acids is 3. The van der Waals surface area contributed by atoms with Crippen LogP contribution in [-0.2, 0) is 11.2 Å². The van der Waals surface area contributed by atoms with E-state index in [9.17, 15) is 14.4 Å². The molecule has 0 bridgehead atoms. The third-order valence-corrected chi connectivity index (χ3v) is 7.74. The molecule has 2 amide bonds. The van der Waals surface area contributed by atoms with E-state index in [1.165, 1.54) is 4.90 Å². The van der Waals surface area contributed by atoms with Gasteiger partial charge in [-0.1, -0.05) is 38.1 Å². The second-order valence-corrected chi connectivity index (χ2v) is 11.6. The topological polar surface area (TPSA) is 107 Å². The number of nitrogens with two attached hydrogens (primary N) is 1. The molecule has 38 heavy (non-hydrogen) atoms. The molecule has 3 N–H and O–H groups in total. The largest absolute Gasteiger partial charge is 0.446 e. The first-order valence-corrected chi connectivity index (χ1v) is 13.3. The zero-order valence-electron chi connectivity index (χ0n) is 22.5. The van der Waals surface area contributed by atoms with Crippen LogP contribution >= 0.6 is 0 Å². The van der Waals surface area contributed by atoms with Crippen LogP contribution in [0.15, 0.2) is 42.5 Å². The third kappa shape index (κ3) is 4.87. The van der Waals surface area contributed by atoms with Crippen LogP contribution in [0.1, 0.15) is 66.8 Å². The minimum Gasteiger partial charge on any atom is -0.446 e. The van der Waals surface area contributed by atoms with Crippen LogP contribution in [0.2, 0.25) is 0 Å². The Bertz CT molecular complexity index is 1410. The Balaban J connectivity index is 1.48. The standard InChI is InChI=1S/C30H36N4O4/c1-30(2)16-25-27(22-7-5-6-8-24(22)34(25)26(35)17-30)18-9-14-21(28(31)36)23(15-18)32-19-10-12-20(13-11-19)38-29(37)33(3)4/h5-9,14-15,19-20,32H,10-13,16-17H2,1-4H3,(H2,31,36)/t19-,20-. The second kappa shape index (κ2) is 9.82. The smallest absolute Gasteiger partial charge is 0.409 e. The number of fused-ring (bicyclic) bond motifs is 3. The van der Waals surface area contributed by atoms with Crippen molar-refractivity contribution in [2.45, 2.75) is 64.5 Å². The highest BCUT2D eigenvalue weighted by Crippen LogP contribution is 2.43. The lowest BCUT2D eigenvalue weighted by atomic mass is 9.80. The summed E-state index contributed by atoms with van der Waals surface area (Å²) in [5.41, 5.74) is 10.6. The molecule has 0 spiro atoms. The molecule has 1 aliphatic heterocycles. The Morgan fingerprint density at radius 1 is 1.05 bits per heavy atom.